The lowest BCUT2D eigenvalue weighted by Crippen LogP contribution is -2.54. The molecule has 0 aliphatic carbocycles. The van der Waals surface area contributed by atoms with Gasteiger partial charge in [0.1, 0.15) is 5.57 Å². The van der Waals surface area contributed by atoms with E-state index in [4.69, 9.17) is 32.7 Å². The molecule has 5 amide bonds. The summed E-state index contributed by atoms with van der Waals surface area (Å²) in [6.45, 7) is 5.35. The van der Waals surface area contributed by atoms with Crippen LogP contribution in [0.2, 0.25) is 10.0 Å². The monoisotopic (exact) mass is 581 g/mol. The van der Waals surface area contributed by atoms with Crippen molar-refractivity contribution in [2.45, 2.75) is 20.8 Å². The number of aryl methyl sites for hydroxylation is 2. The second kappa shape index (κ2) is 12.2. The van der Waals surface area contributed by atoms with Gasteiger partial charge in [-0.2, -0.15) is 0 Å². The molecule has 0 bridgehead atoms. The maximum Gasteiger partial charge on any atom is 0.335 e. The number of benzene rings is 3. The Morgan fingerprint density at radius 1 is 1.00 bits per heavy atom. The van der Waals surface area contributed by atoms with Gasteiger partial charge in [0.05, 0.1) is 17.3 Å². The third-order valence-electron chi connectivity index (χ3n) is 5.81. The number of barbiturate groups is 1. The maximum absolute atomic E-state index is 13.3. The van der Waals surface area contributed by atoms with Crippen LogP contribution < -0.4 is 25.0 Å². The highest BCUT2D eigenvalue weighted by atomic mass is 35.5. The fourth-order valence-corrected chi connectivity index (χ4v) is 4.36. The molecule has 11 heteroatoms. The first kappa shape index (κ1) is 28.7. The van der Waals surface area contributed by atoms with E-state index >= 15 is 0 Å². The largest absolute Gasteiger partial charge is 0.490 e. The Labute approximate surface area is 240 Å². The van der Waals surface area contributed by atoms with Crippen LogP contribution in [-0.2, 0) is 14.4 Å². The molecule has 40 heavy (non-hydrogen) atoms. The molecule has 1 fully saturated rings. The van der Waals surface area contributed by atoms with E-state index < -0.39 is 23.8 Å². The topological polar surface area (TPSA) is 114 Å². The number of amides is 5. The smallest absolute Gasteiger partial charge is 0.335 e. The Morgan fingerprint density at radius 3 is 2.48 bits per heavy atom. The first-order chi connectivity index (χ1) is 19.1. The zero-order valence-corrected chi connectivity index (χ0v) is 23.4. The standard InChI is InChI=1S/C29H25Cl2N3O6/c1-4-39-24-13-18(12-23(31)26(24)40-15-25(35)32-19-7-5-6-16(2)10-19)11-21-27(36)33-29(38)34(28(21)37)20-9-8-17(3)22(30)14-20/h5-14H,4,15H2,1-3H3,(H,32,35)(H,33,36,38)/b21-11+. The Hall–Kier alpha value is -4.34. The Bertz CT molecular complexity index is 1550. The van der Waals surface area contributed by atoms with Crippen LogP contribution in [0.15, 0.2) is 60.2 Å². The second-order valence-corrected chi connectivity index (χ2v) is 9.68. The Morgan fingerprint density at radius 2 is 1.77 bits per heavy atom. The molecule has 1 heterocycles. The maximum atomic E-state index is 13.3. The van der Waals surface area contributed by atoms with Gasteiger partial charge in [-0.15, -0.1) is 0 Å². The summed E-state index contributed by atoms with van der Waals surface area (Å²) < 4.78 is 11.3. The summed E-state index contributed by atoms with van der Waals surface area (Å²) in [5, 5.41) is 5.36. The lowest BCUT2D eigenvalue weighted by molar-refractivity contribution is -0.122. The van der Waals surface area contributed by atoms with Crippen molar-refractivity contribution >= 4 is 64.4 Å². The third kappa shape index (κ3) is 6.44. The van der Waals surface area contributed by atoms with Crippen molar-refractivity contribution in [3.05, 3.63) is 86.9 Å². The quantitative estimate of drug-likeness (QED) is 0.261. The number of hydrogen-bond donors (Lipinski definition) is 2. The van der Waals surface area contributed by atoms with E-state index in [0.29, 0.717) is 16.3 Å². The van der Waals surface area contributed by atoms with E-state index in [1.54, 1.807) is 32.0 Å². The van der Waals surface area contributed by atoms with Gasteiger partial charge in [-0.25, -0.2) is 9.69 Å². The summed E-state index contributed by atoms with van der Waals surface area (Å²) in [7, 11) is 0. The number of halogens is 2. The van der Waals surface area contributed by atoms with Gasteiger partial charge in [0.25, 0.3) is 17.7 Å². The minimum Gasteiger partial charge on any atom is -0.490 e. The van der Waals surface area contributed by atoms with E-state index in [1.165, 1.54) is 24.3 Å². The highest BCUT2D eigenvalue weighted by molar-refractivity contribution is 6.39. The lowest BCUT2D eigenvalue weighted by Gasteiger charge is -2.26. The molecule has 0 radical (unpaired) electrons. The number of nitrogens with one attached hydrogen (secondary N) is 2. The van der Waals surface area contributed by atoms with Gasteiger partial charge in [-0.05, 0) is 79.9 Å². The summed E-state index contributed by atoms with van der Waals surface area (Å²) in [6.07, 6.45) is 1.29. The highest BCUT2D eigenvalue weighted by Crippen LogP contribution is 2.38. The molecule has 1 aliphatic heterocycles. The van der Waals surface area contributed by atoms with Gasteiger partial charge in [0.2, 0.25) is 0 Å². The lowest BCUT2D eigenvalue weighted by atomic mass is 10.1. The number of nitrogens with zero attached hydrogens (tertiary/aromatic N) is 1. The number of anilines is 2. The van der Waals surface area contributed by atoms with E-state index in [-0.39, 0.29) is 41.0 Å². The van der Waals surface area contributed by atoms with Crippen molar-refractivity contribution in [1.29, 1.82) is 0 Å². The molecular formula is C29H25Cl2N3O6. The Kier molecular flexibility index (Phi) is 8.77. The van der Waals surface area contributed by atoms with E-state index in [9.17, 15) is 19.2 Å². The van der Waals surface area contributed by atoms with Crippen molar-refractivity contribution in [3.63, 3.8) is 0 Å². The molecular weight excluding hydrogens is 557 g/mol. The first-order valence-electron chi connectivity index (χ1n) is 12.2. The van der Waals surface area contributed by atoms with Crippen LogP contribution >= 0.6 is 23.2 Å². The first-order valence-corrected chi connectivity index (χ1v) is 13.0. The number of urea groups is 1. The number of carbonyl (C=O) groups is 4. The predicted octanol–water partition coefficient (Wildman–Crippen LogP) is 5.69. The van der Waals surface area contributed by atoms with Crippen LogP contribution in [0.1, 0.15) is 23.6 Å². The van der Waals surface area contributed by atoms with Crippen LogP contribution in [-0.4, -0.2) is 37.0 Å². The highest BCUT2D eigenvalue weighted by Gasteiger charge is 2.37. The summed E-state index contributed by atoms with van der Waals surface area (Å²) in [5.41, 5.74) is 2.61. The van der Waals surface area contributed by atoms with Crippen molar-refractivity contribution in [2.24, 2.45) is 0 Å². The summed E-state index contributed by atoms with van der Waals surface area (Å²) in [6, 6.07) is 14.1. The molecule has 0 aromatic heterocycles. The minimum absolute atomic E-state index is 0.0862. The van der Waals surface area contributed by atoms with Gasteiger partial charge >= 0.3 is 6.03 Å². The van der Waals surface area contributed by atoms with Crippen molar-refractivity contribution in [1.82, 2.24) is 5.32 Å². The van der Waals surface area contributed by atoms with Gasteiger partial charge < -0.3 is 14.8 Å². The second-order valence-electron chi connectivity index (χ2n) is 8.86. The van der Waals surface area contributed by atoms with Crippen molar-refractivity contribution < 1.29 is 28.7 Å². The van der Waals surface area contributed by atoms with E-state index in [2.05, 4.69) is 10.6 Å². The molecule has 2 N–H and O–H groups in total. The van der Waals surface area contributed by atoms with Gasteiger partial charge in [-0.3, -0.25) is 19.7 Å². The number of hydrogen-bond acceptors (Lipinski definition) is 6. The number of carbonyl (C=O) groups excluding carboxylic acids is 4. The average molecular weight is 582 g/mol. The molecule has 3 aromatic rings. The minimum atomic E-state index is -0.896. The number of ether oxygens (including phenoxy) is 2. The molecule has 206 valence electrons. The van der Waals surface area contributed by atoms with Crippen LogP contribution in [0.4, 0.5) is 16.2 Å². The van der Waals surface area contributed by atoms with Crippen molar-refractivity contribution in [2.75, 3.05) is 23.4 Å². The number of rotatable bonds is 8. The van der Waals surface area contributed by atoms with Crippen LogP contribution in [0.3, 0.4) is 0 Å². The normalized spacial score (nSPS) is 14.3. The SMILES string of the molecule is CCOc1cc(/C=C2\C(=O)NC(=O)N(c3ccc(C)c(Cl)c3)C2=O)cc(Cl)c1OCC(=O)Nc1cccc(C)c1. The molecule has 0 spiro atoms. The molecule has 0 unspecified atom stereocenters. The molecule has 1 saturated heterocycles. The summed E-state index contributed by atoms with van der Waals surface area (Å²) in [5.74, 6) is -1.79. The third-order valence-corrected chi connectivity index (χ3v) is 6.50. The molecule has 4 rings (SSSR count). The molecule has 0 saturated carbocycles. The van der Waals surface area contributed by atoms with E-state index in [1.807, 2.05) is 25.1 Å². The van der Waals surface area contributed by atoms with Crippen molar-refractivity contribution in [3.8, 4) is 11.5 Å². The average Bonchev–Trinajstić information content (AvgIpc) is 2.88. The molecule has 9 nitrogen and oxygen atoms in total. The zero-order valence-electron chi connectivity index (χ0n) is 21.8. The number of imide groups is 2. The van der Waals surface area contributed by atoms with E-state index in [0.717, 1.165) is 16.0 Å². The predicted molar refractivity (Wildman–Crippen MR) is 153 cm³/mol. The summed E-state index contributed by atoms with van der Waals surface area (Å²) >= 11 is 12.7. The van der Waals surface area contributed by atoms with Gasteiger partial charge in [0.15, 0.2) is 18.1 Å². The van der Waals surface area contributed by atoms with Crippen LogP contribution in [0, 0.1) is 13.8 Å². The summed E-state index contributed by atoms with van der Waals surface area (Å²) in [4.78, 5) is 51.7. The van der Waals surface area contributed by atoms with Gasteiger partial charge in [-0.1, -0.05) is 41.4 Å². The Balaban J connectivity index is 1.59. The molecule has 3 aromatic carbocycles. The molecule has 1 aliphatic rings. The molecule has 0 atom stereocenters. The van der Waals surface area contributed by atoms with Crippen LogP contribution in [0.25, 0.3) is 6.08 Å². The van der Waals surface area contributed by atoms with Gasteiger partial charge in [0, 0.05) is 10.7 Å². The fraction of sp³-hybridized carbons (Fsp3) is 0.172. The zero-order chi connectivity index (χ0) is 29.0. The van der Waals surface area contributed by atoms with Crippen LogP contribution in [0.5, 0.6) is 11.5 Å². The fourth-order valence-electron chi connectivity index (χ4n) is 3.91.